The fourth-order valence-corrected chi connectivity index (χ4v) is 5.45. The van der Waals surface area contributed by atoms with Gasteiger partial charge in [0.2, 0.25) is 0 Å². The smallest absolute Gasteiger partial charge is 0.269 e. The maximum atomic E-state index is 13.1. The van der Waals surface area contributed by atoms with Gasteiger partial charge in [-0.25, -0.2) is 4.98 Å². The van der Waals surface area contributed by atoms with E-state index in [1.165, 1.54) is 17.7 Å². The monoisotopic (exact) mass is 561 g/mol. The number of carbonyl (C=O) groups is 1. The number of non-ortho nitro benzene ring substituents is 1. The molecule has 0 unspecified atom stereocenters. The number of methoxy groups -OCH3 is 1. The van der Waals surface area contributed by atoms with Crippen LogP contribution in [0.2, 0.25) is 0 Å². The van der Waals surface area contributed by atoms with Gasteiger partial charge >= 0.3 is 0 Å². The number of hydrogen-bond donors (Lipinski definition) is 0. The number of pyridine rings is 1. The third kappa shape index (κ3) is 5.46. The summed E-state index contributed by atoms with van der Waals surface area (Å²) in [5.41, 5.74) is 7.51. The molecule has 0 saturated carbocycles. The van der Waals surface area contributed by atoms with Crippen LogP contribution in [0.25, 0.3) is 28.0 Å². The number of benzene rings is 3. The minimum Gasteiger partial charge on any atom is -0.497 e. The van der Waals surface area contributed by atoms with E-state index >= 15 is 0 Å². The molecule has 1 amide bonds. The first-order chi connectivity index (χ1) is 20.4. The van der Waals surface area contributed by atoms with Gasteiger partial charge in [-0.15, -0.1) is 0 Å². The second-order valence-corrected chi connectivity index (χ2v) is 10.5. The fourth-order valence-electron chi connectivity index (χ4n) is 5.45. The van der Waals surface area contributed by atoms with Crippen LogP contribution in [-0.4, -0.2) is 63.3 Å². The minimum atomic E-state index is -0.394. The number of nitro benzene ring substituents is 1. The molecule has 0 spiro atoms. The van der Waals surface area contributed by atoms with Gasteiger partial charge in [0, 0.05) is 62.2 Å². The molecular formula is C33H31N5O4. The van der Waals surface area contributed by atoms with Crippen molar-refractivity contribution in [3.8, 4) is 28.1 Å². The molecule has 1 saturated heterocycles. The van der Waals surface area contributed by atoms with Gasteiger partial charge in [0.15, 0.2) is 0 Å². The lowest BCUT2D eigenvalue weighted by Crippen LogP contribution is -2.48. The number of hydrogen-bond acceptors (Lipinski definition) is 6. The van der Waals surface area contributed by atoms with Crippen LogP contribution in [0.15, 0.2) is 91.1 Å². The summed E-state index contributed by atoms with van der Waals surface area (Å²) in [6, 6.07) is 26.2. The number of piperazine rings is 1. The van der Waals surface area contributed by atoms with E-state index < -0.39 is 4.92 Å². The van der Waals surface area contributed by atoms with Crippen molar-refractivity contribution in [1.82, 2.24) is 19.2 Å². The number of fused-ring (bicyclic) bond motifs is 1. The number of nitrogens with zero attached hydrogens (tertiary/aromatic N) is 5. The summed E-state index contributed by atoms with van der Waals surface area (Å²) in [5.74, 6) is 0.736. The van der Waals surface area contributed by atoms with Gasteiger partial charge in [0.25, 0.3) is 11.6 Å². The van der Waals surface area contributed by atoms with Gasteiger partial charge in [-0.1, -0.05) is 29.8 Å². The van der Waals surface area contributed by atoms with Crippen LogP contribution in [0.5, 0.6) is 5.75 Å². The van der Waals surface area contributed by atoms with E-state index in [2.05, 4.69) is 52.8 Å². The first kappa shape index (κ1) is 27.2. The molecule has 0 radical (unpaired) electrons. The summed E-state index contributed by atoms with van der Waals surface area (Å²) in [6.07, 6.45) is 2.12. The molecule has 1 fully saturated rings. The zero-order chi connectivity index (χ0) is 29.2. The van der Waals surface area contributed by atoms with Gasteiger partial charge in [0.1, 0.15) is 11.4 Å². The number of carbonyl (C=O) groups excluding carboxylic acids is 1. The predicted molar refractivity (Wildman–Crippen MR) is 162 cm³/mol. The zero-order valence-electron chi connectivity index (χ0n) is 23.6. The Kier molecular flexibility index (Phi) is 7.41. The van der Waals surface area contributed by atoms with Gasteiger partial charge in [0.05, 0.1) is 23.4 Å². The van der Waals surface area contributed by atoms with E-state index in [1.54, 1.807) is 43.5 Å². The highest BCUT2D eigenvalue weighted by molar-refractivity contribution is 5.94. The summed E-state index contributed by atoms with van der Waals surface area (Å²) in [5, 5.41) is 11.3. The Morgan fingerprint density at radius 1 is 0.905 bits per heavy atom. The highest BCUT2D eigenvalue weighted by atomic mass is 16.6. The number of ether oxygens (including phenoxy) is 1. The number of rotatable bonds is 7. The maximum absolute atomic E-state index is 13.1. The van der Waals surface area contributed by atoms with Gasteiger partial charge in [-0.3, -0.25) is 19.8 Å². The number of imidazole rings is 1. The summed E-state index contributed by atoms with van der Waals surface area (Å²) >= 11 is 0. The van der Waals surface area contributed by atoms with E-state index in [0.717, 1.165) is 39.5 Å². The molecule has 1 aliphatic rings. The molecule has 0 aliphatic carbocycles. The largest absolute Gasteiger partial charge is 0.497 e. The van der Waals surface area contributed by atoms with Crippen LogP contribution < -0.4 is 4.74 Å². The molecule has 3 aromatic carbocycles. The van der Waals surface area contributed by atoms with E-state index in [0.29, 0.717) is 38.3 Å². The average Bonchev–Trinajstić information content (AvgIpc) is 3.38. The maximum Gasteiger partial charge on any atom is 0.269 e. The van der Waals surface area contributed by atoms with Crippen molar-refractivity contribution >= 4 is 17.2 Å². The molecule has 0 bridgehead atoms. The van der Waals surface area contributed by atoms with Crippen molar-refractivity contribution < 1.29 is 14.5 Å². The van der Waals surface area contributed by atoms with Crippen molar-refractivity contribution in [3.63, 3.8) is 0 Å². The van der Waals surface area contributed by atoms with E-state index in [1.807, 2.05) is 11.0 Å². The lowest BCUT2D eigenvalue weighted by Gasteiger charge is -2.34. The quantitative estimate of drug-likeness (QED) is 0.183. The molecule has 42 heavy (non-hydrogen) atoms. The second kappa shape index (κ2) is 11.5. The molecule has 5 aromatic rings. The highest BCUT2D eigenvalue weighted by Crippen LogP contribution is 2.30. The van der Waals surface area contributed by atoms with E-state index in [-0.39, 0.29) is 11.6 Å². The lowest BCUT2D eigenvalue weighted by molar-refractivity contribution is -0.384. The first-order valence-electron chi connectivity index (χ1n) is 13.9. The van der Waals surface area contributed by atoms with E-state index in [9.17, 15) is 14.9 Å². The summed E-state index contributed by atoms with van der Waals surface area (Å²) in [6.45, 7) is 5.36. The molecule has 3 heterocycles. The molecule has 0 atom stereocenters. The molecule has 9 heteroatoms. The molecule has 212 valence electrons. The average molecular weight is 562 g/mol. The zero-order valence-corrected chi connectivity index (χ0v) is 23.6. The van der Waals surface area contributed by atoms with Crippen LogP contribution in [0.3, 0.4) is 0 Å². The van der Waals surface area contributed by atoms with Crippen molar-refractivity contribution in [2.45, 2.75) is 13.5 Å². The minimum absolute atomic E-state index is 0.0153. The molecule has 0 N–H and O–H groups in total. The van der Waals surface area contributed by atoms with Crippen LogP contribution in [0, 0.1) is 17.0 Å². The Morgan fingerprint density at radius 2 is 1.62 bits per heavy atom. The van der Waals surface area contributed by atoms with Gasteiger partial charge in [-0.05, 0) is 66.6 Å². The van der Waals surface area contributed by atoms with E-state index in [4.69, 9.17) is 9.72 Å². The fraction of sp³-hybridized carbons (Fsp3) is 0.212. The summed E-state index contributed by atoms with van der Waals surface area (Å²) in [7, 11) is 1.61. The Bertz CT molecular complexity index is 1750. The van der Waals surface area contributed by atoms with Crippen LogP contribution in [-0.2, 0) is 6.54 Å². The predicted octanol–water partition coefficient (Wildman–Crippen LogP) is 5.85. The lowest BCUT2D eigenvalue weighted by atomic mass is 10.1. The molecule has 2 aromatic heterocycles. The van der Waals surface area contributed by atoms with Crippen LogP contribution in [0.4, 0.5) is 5.69 Å². The molecule has 6 rings (SSSR count). The van der Waals surface area contributed by atoms with Crippen molar-refractivity contribution in [2.75, 3.05) is 33.3 Å². The van der Waals surface area contributed by atoms with Gasteiger partial charge < -0.3 is 14.0 Å². The van der Waals surface area contributed by atoms with Crippen LogP contribution in [0.1, 0.15) is 21.6 Å². The normalized spacial score (nSPS) is 13.8. The summed E-state index contributed by atoms with van der Waals surface area (Å²) in [4.78, 5) is 33.2. The number of aromatic nitrogens is 2. The standard InChI is InChI=1S/C33H31N5O4/c1-23-4-3-5-26(20-23)27-10-15-31-34-32(24-6-11-28(12-7-24)38(40)41)30(37(31)21-27)22-35-16-18-36(19-17-35)33(39)25-8-13-29(42-2)14-9-25/h3-15,20-21H,16-19,22H2,1-2H3. The van der Waals surface area contributed by atoms with Crippen molar-refractivity contribution in [2.24, 2.45) is 0 Å². The third-order valence-corrected chi connectivity index (χ3v) is 7.79. The highest BCUT2D eigenvalue weighted by Gasteiger charge is 2.25. The molecular weight excluding hydrogens is 530 g/mol. The Balaban J connectivity index is 1.29. The van der Waals surface area contributed by atoms with Crippen molar-refractivity contribution in [3.05, 3.63) is 118 Å². The third-order valence-electron chi connectivity index (χ3n) is 7.79. The topological polar surface area (TPSA) is 93.2 Å². The van der Waals surface area contributed by atoms with Gasteiger partial charge in [-0.2, -0.15) is 0 Å². The SMILES string of the molecule is COc1ccc(C(=O)N2CCN(Cc3c(-c4ccc([N+](=O)[O-])cc4)nc4ccc(-c5cccc(C)c5)cn34)CC2)cc1. The Morgan fingerprint density at radius 3 is 2.29 bits per heavy atom. The van der Waals surface area contributed by atoms with Crippen molar-refractivity contribution in [1.29, 1.82) is 0 Å². The first-order valence-corrected chi connectivity index (χ1v) is 13.9. The molecule has 9 nitrogen and oxygen atoms in total. The van der Waals surface area contributed by atoms with Crippen LogP contribution >= 0.6 is 0 Å². The number of aryl methyl sites for hydroxylation is 1. The number of amides is 1. The number of nitro groups is 1. The second-order valence-electron chi connectivity index (χ2n) is 10.5. The summed E-state index contributed by atoms with van der Waals surface area (Å²) < 4.78 is 7.34. The Labute approximate surface area is 243 Å². The Hall–Kier alpha value is -5.02. The molecule has 1 aliphatic heterocycles.